The first-order valence-electron chi connectivity index (χ1n) is 8.79. The van der Waals surface area contributed by atoms with Crippen molar-refractivity contribution in [3.63, 3.8) is 0 Å². The Morgan fingerprint density at radius 1 is 1.00 bits per heavy atom. The molecular formula is C21H23NO4. The molecule has 0 saturated carbocycles. The van der Waals surface area contributed by atoms with Gasteiger partial charge in [-0.15, -0.1) is 0 Å². The molecule has 2 unspecified atom stereocenters. The summed E-state index contributed by atoms with van der Waals surface area (Å²) in [4.78, 5) is 27.0. The molecule has 0 radical (unpaired) electrons. The van der Waals surface area contributed by atoms with E-state index in [1.807, 2.05) is 38.1 Å². The molecule has 136 valence electrons. The molecule has 5 heteroatoms. The van der Waals surface area contributed by atoms with Gasteiger partial charge in [0, 0.05) is 5.92 Å². The van der Waals surface area contributed by atoms with Gasteiger partial charge >= 0.3 is 0 Å². The summed E-state index contributed by atoms with van der Waals surface area (Å²) in [5.41, 5.74) is 1.51. The average Bonchev–Trinajstić information content (AvgIpc) is 2.87. The van der Waals surface area contributed by atoms with Gasteiger partial charge < -0.3 is 9.47 Å². The largest absolute Gasteiger partial charge is 0.496 e. The highest BCUT2D eigenvalue weighted by molar-refractivity contribution is 6.22. The Hall–Kier alpha value is -2.82. The van der Waals surface area contributed by atoms with Gasteiger partial charge in [-0.05, 0) is 49.2 Å². The van der Waals surface area contributed by atoms with Crippen molar-refractivity contribution in [2.24, 2.45) is 11.8 Å². The lowest BCUT2D eigenvalue weighted by Crippen LogP contribution is -2.31. The number of carbonyl (C=O) groups is 2. The number of carbonyl (C=O) groups excluding carboxylic acids is 2. The Morgan fingerprint density at radius 2 is 1.69 bits per heavy atom. The number of anilines is 1. The quantitative estimate of drug-likeness (QED) is 0.746. The number of rotatable bonds is 6. The van der Waals surface area contributed by atoms with E-state index in [0.29, 0.717) is 24.5 Å². The van der Waals surface area contributed by atoms with Gasteiger partial charge in [0.2, 0.25) is 11.8 Å². The van der Waals surface area contributed by atoms with E-state index in [1.54, 1.807) is 31.4 Å². The third-order valence-corrected chi connectivity index (χ3v) is 4.79. The number of amides is 2. The predicted molar refractivity (Wildman–Crippen MR) is 99.5 cm³/mol. The zero-order chi connectivity index (χ0) is 18.7. The highest BCUT2D eigenvalue weighted by Gasteiger charge is 2.45. The van der Waals surface area contributed by atoms with Gasteiger partial charge in [-0.25, -0.2) is 0 Å². The van der Waals surface area contributed by atoms with Gasteiger partial charge in [0.25, 0.3) is 0 Å². The fourth-order valence-corrected chi connectivity index (χ4v) is 3.35. The van der Waals surface area contributed by atoms with Crippen molar-refractivity contribution < 1.29 is 19.1 Å². The molecule has 1 saturated heterocycles. The van der Waals surface area contributed by atoms with Crippen LogP contribution < -0.4 is 14.4 Å². The lowest BCUT2D eigenvalue weighted by atomic mass is 9.90. The molecule has 3 rings (SSSR count). The van der Waals surface area contributed by atoms with Gasteiger partial charge in [-0.1, -0.05) is 25.1 Å². The molecule has 5 nitrogen and oxygen atoms in total. The fraction of sp³-hybridized carbons (Fsp3) is 0.333. The first-order valence-corrected chi connectivity index (χ1v) is 8.79. The summed E-state index contributed by atoms with van der Waals surface area (Å²) in [5, 5.41) is 0. The van der Waals surface area contributed by atoms with Crippen molar-refractivity contribution in [2.75, 3.05) is 18.6 Å². The second-order valence-corrected chi connectivity index (χ2v) is 6.35. The first kappa shape index (κ1) is 18.0. The lowest BCUT2D eigenvalue weighted by Gasteiger charge is -2.16. The second-order valence-electron chi connectivity index (χ2n) is 6.35. The number of para-hydroxylation sites is 1. The summed E-state index contributed by atoms with van der Waals surface area (Å²) in [6, 6.07) is 14.6. The second kappa shape index (κ2) is 7.60. The topological polar surface area (TPSA) is 55.8 Å². The minimum atomic E-state index is -0.398. The molecule has 2 amide bonds. The summed E-state index contributed by atoms with van der Waals surface area (Å²) >= 11 is 0. The normalized spacial score (nSPS) is 19.7. The molecule has 2 aromatic rings. The van der Waals surface area contributed by atoms with Crippen LogP contribution in [0, 0.1) is 11.8 Å². The van der Waals surface area contributed by atoms with Crippen LogP contribution in [0.5, 0.6) is 11.5 Å². The molecule has 1 fully saturated rings. The van der Waals surface area contributed by atoms with Crippen LogP contribution in [-0.2, 0) is 16.0 Å². The van der Waals surface area contributed by atoms with Crippen molar-refractivity contribution in [1.29, 1.82) is 0 Å². The van der Waals surface area contributed by atoms with Gasteiger partial charge in [0.15, 0.2) is 0 Å². The SMILES string of the molecule is CCOc1ccc(N2C(=O)C(C)C(Cc3ccccc3OC)C2=O)cc1. The number of methoxy groups -OCH3 is 1. The minimum absolute atomic E-state index is 0.168. The van der Waals surface area contributed by atoms with Gasteiger partial charge in [-0.2, -0.15) is 0 Å². The third-order valence-electron chi connectivity index (χ3n) is 4.79. The highest BCUT2D eigenvalue weighted by atomic mass is 16.5. The summed E-state index contributed by atoms with van der Waals surface area (Å²) in [6.07, 6.45) is 0.475. The Balaban J connectivity index is 1.84. The van der Waals surface area contributed by atoms with Gasteiger partial charge in [-0.3, -0.25) is 14.5 Å². The summed E-state index contributed by atoms with van der Waals surface area (Å²) in [7, 11) is 1.61. The van der Waals surface area contributed by atoms with E-state index < -0.39 is 5.92 Å². The Kier molecular flexibility index (Phi) is 5.26. The monoisotopic (exact) mass is 353 g/mol. The van der Waals surface area contributed by atoms with Crippen LogP contribution in [0.2, 0.25) is 0 Å². The van der Waals surface area contributed by atoms with Crippen molar-refractivity contribution in [3.8, 4) is 11.5 Å². The maximum absolute atomic E-state index is 13.0. The van der Waals surface area contributed by atoms with E-state index >= 15 is 0 Å². The zero-order valence-corrected chi connectivity index (χ0v) is 15.3. The van der Waals surface area contributed by atoms with Crippen molar-refractivity contribution >= 4 is 17.5 Å². The summed E-state index contributed by atoms with van der Waals surface area (Å²) in [5.74, 6) is 0.342. The van der Waals surface area contributed by atoms with Crippen molar-refractivity contribution in [3.05, 3.63) is 54.1 Å². The van der Waals surface area contributed by atoms with Crippen molar-refractivity contribution in [1.82, 2.24) is 0 Å². The van der Waals surface area contributed by atoms with Crippen LogP contribution in [0.25, 0.3) is 0 Å². The van der Waals surface area contributed by atoms with Crippen LogP contribution in [-0.4, -0.2) is 25.5 Å². The van der Waals surface area contributed by atoms with Crippen molar-refractivity contribution in [2.45, 2.75) is 20.3 Å². The standard InChI is InChI=1S/C21H23NO4/c1-4-26-17-11-9-16(10-12-17)22-20(23)14(2)18(21(22)24)13-15-7-5-6-8-19(15)25-3/h5-12,14,18H,4,13H2,1-3H3. The molecule has 0 spiro atoms. The number of ether oxygens (including phenoxy) is 2. The van der Waals surface area contributed by atoms with E-state index in [1.165, 1.54) is 4.90 Å². The molecule has 0 N–H and O–H groups in total. The maximum atomic E-state index is 13.0. The molecule has 2 atom stereocenters. The molecule has 2 aromatic carbocycles. The molecular weight excluding hydrogens is 330 g/mol. The van der Waals surface area contributed by atoms with Crippen LogP contribution in [0.3, 0.4) is 0 Å². The molecule has 1 aliphatic rings. The van der Waals surface area contributed by atoms with E-state index in [9.17, 15) is 9.59 Å². The van der Waals surface area contributed by atoms with Gasteiger partial charge in [0.1, 0.15) is 11.5 Å². The van der Waals surface area contributed by atoms with Gasteiger partial charge in [0.05, 0.1) is 25.3 Å². The number of hydrogen-bond acceptors (Lipinski definition) is 4. The molecule has 0 bridgehead atoms. The zero-order valence-electron chi connectivity index (χ0n) is 15.3. The molecule has 0 aliphatic carbocycles. The smallest absolute Gasteiger partial charge is 0.238 e. The Labute approximate surface area is 153 Å². The third kappa shape index (κ3) is 3.29. The van der Waals surface area contributed by atoms with Crippen LogP contribution in [0.4, 0.5) is 5.69 Å². The van der Waals surface area contributed by atoms with Crippen LogP contribution in [0.15, 0.2) is 48.5 Å². The maximum Gasteiger partial charge on any atom is 0.238 e. The Morgan fingerprint density at radius 3 is 2.35 bits per heavy atom. The lowest BCUT2D eigenvalue weighted by molar-refractivity contribution is -0.122. The molecule has 1 heterocycles. The number of hydrogen-bond donors (Lipinski definition) is 0. The highest BCUT2D eigenvalue weighted by Crippen LogP contribution is 2.35. The number of nitrogens with zero attached hydrogens (tertiary/aromatic N) is 1. The van der Waals surface area contributed by atoms with Crippen LogP contribution >= 0.6 is 0 Å². The molecule has 0 aromatic heterocycles. The molecule has 1 aliphatic heterocycles. The average molecular weight is 353 g/mol. The summed E-state index contributed by atoms with van der Waals surface area (Å²) < 4.78 is 10.8. The van der Waals surface area contributed by atoms with E-state index in [2.05, 4.69) is 0 Å². The van der Waals surface area contributed by atoms with Crippen LogP contribution in [0.1, 0.15) is 19.4 Å². The van der Waals surface area contributed by atoms with E-state index in [4.69, 9.17) is 9.47 Å². The predicted octanol–water partition coefficient (Wildman–Crippen LogP) is 3.46. The summed E-state index contributed by atoms with van der Waals surface area (Å²) in [6.45, 7) is 4.29. The molecule has 26 heavy (non-hydrogen) atoms. The fourth-order valence-electron chi connectivity index (χ4n) is 3.35. The van der Waals surface area contributed by atoms with E-state index in [0.717, 1.165) is 11.3 Å². The van der Waals surface area contributed by atoms with E-state index in [-0.39, 0.29) is 17.7 Å². The number of imide groups is 1. The first-order chi connectivity index (χ1) is 12.6. The minimum Gasteiger partial charge on any atom is -0.496 e. The Bertz CT molecular complexity index is 800. The number of benzene rings is 2.